The number of anilines is 1. The highest BCUT2D eigenvalue weighted by molar-refractivity contribution is 6.22. The molecular weight excluding hydrogens is 434 g/mol. The Hall–Kier alpha value is -4.42. The number of carbonyl (C=O) groups is 2. The van der Waals surface area contributed by atoms with Gasteiger partial charge in [-0.1, -0.05) is 6.07 Å². The van der Waals surface area contributed by atoms with Crippen LogP contribution in [0.4, 0.5) is 5.69 Å². The molecule has 0 spiro atoms. The summed E-state index contributed by atoms with van der Waals surface area (Å²) in [5.74, 6) is -2.64. The lowest BCUT2D eigenvalue weighted by Crippen LogP contribution is -2.55. The monoisotopic (exact) mass is 453 g/mol. The SMILES string of the molecule is NC(=O)C1=C(N)[C@@H](O)[C@H](O)[C@@H](Nc2cc(-c3nc4c(O)cccc4c(=O)[nH]3)ccc2O)C1=O. The highest BCUT2D eigenvalue weighted by Crippen LogP contribution is 2.32. The maximum absolute atomic E-state index is 12.7. The zero-order valence-corrected chi connectivity index (χ0v) is 16.8. The number of nitrogens with two attached hydrogens (primary N) is 2. The quantitative estimate of drug-likeness (QED) is 0.174. The first-order valence-corrected chi connectivity index (χ1v) is 9.62. The minimum Gasteiger partial charge on any atom is -0.506 e. The van der Waals surface area contributed by atoms with Crippen molar-refractivity contribution in [2.24, 2.45) is 11.5 Å². The number of aromatic hydroxyl groups is 2. The number of H-pyrrole nitrogens is 1. The zero-order chi connectivity index (χ0) is 24.0. The van der Waals surface area contributed by atoms with Crippen molar-refractivity contribution in [1.82, 2.24) is 9.97 Å². The molecule has 33 heavy (non-hydrogen) atoms. The molecule has 0 saturated heterocycles. The van der Waals surface area contributed by atoms with Crippen LogP contribution in [0.5, 0.6) is 11.5 Å². The summed E-state index contributed by atoms with van der Waals surface area (Å²) in [5.41, 5.74) is 9.30. The Kier molecular flexibility index (Phi) is 5.24. The van der Waals surface area contributed by atoms with Gasteiger partial charge in [0.05, 0.1) is 16.8 Å². The molecule has 0 fully saturated rings. The van der Waals surface area contributed by atoms with Crippen molar-refractivity contribution >= 4 is 28.3 Å². The third-order valence-electron chi connectivity index (χ3n) is 5.34. The van der Waals surface area contributed by atoms with E-state index in [2.05, 4.69) is 15.3 Å². The number of aromatic nitrogens is 2. The fourth-order valence-corrected chi connectivity index (χ4v) is 3.63. The number of phenols is 2. The van der Waals surface area contributed by atoms with Gasteiger partial charge in [0.15, 0.2) is 5.78 Å². The first kappa shape index (κ1) is 21.8. The van der Waals surface area contributed by atoms with Gasteiger partial charge in [-0.3, -0.25) is 14.4 Å². The number of ketones is 1. The van der Waals surface area contributed by atoms with Crippen molar-refractivity contribution in [3.05, 3.63) is 58.0 Å². The first-order valence-electron chi connectivity index (χ1n) is 9.62. The minimum absolute atomic E-state index is 0.0505. The summed E-state index contributed by atoms with van der Waals surface area (Å²) in [4.78, 5) is 43.6. The second-order valence-corrected chi connectivity index (χ2v) is 7.44. The van der Waals surface area contributed by atoms with Gasteiger partial charge < -0.3 is 42.2 Å². The van der Waals surface area contributed by atoms with Gasteiger partial charge in [0.2, 0.25) is 0 Å². The number of nitrogens with one attached hydrogen (secondary N) is 2. The molecule has 12 heteroatoms. The van der Waals surface area contributed by atoms with E-state index in [0.29, 0.717) is 0 Å². The van der Waals surface area contributed by atoms with Gasteiger partial charge in [-0.25, -0.2) is 4.98 Å². The lowest BCUT2D eigenvalue weighted by molar-refractivity contribution is -0.125. The van der Waals surface area contributed by atoms with Gasteiger partial charge in [0.1, 0.15) is 46.7 Å². The number of hydrogen-bond acceptors (Lipinski definition) is 10. The predicted octanol–water partition coefficient (Wildman–Crippen LogP) is -1.22. The molecule has 1 aliphatic rings. The molecule has 3 aromatic rings. The molecule has 0 radical (unpaired) electrons. The van der Waals surface area contributed by atoms with Crippen LogP contribution in [0.25, 0.3) is 22.3 Å². The summed E-state index contributed by atoms with van der Waals surface area (Å²) < 4.78 is 0. The van der Waals surface area contributed by atoms with E-state index in [0.717, 1.165) is 0 Å². The highest BCUT2D eigenvalue weighted by Gasteiger charge is 2.43. The van der Waals surface area contributed by atoms with E-state index in [9.17, 15) is 34.8 Å². The van der Waals surface area contributed by atoms with E-state index >= 15 is 0 Å². The standard InChI is InChI=1S/C21H19N5O7/c22-13-12(19(23)32)16(29)15(18(31)17(13)30)24-9-6-7(4-5-10(9)27)20-25-14-8(21(33)26-20)2-1-3-11(14)28/h1-6,15,17-18,24,27-28,30-31H,22H2,(H2,23,32)(H,25,26,33)/t15-,17+,18+/m0/s1. The summed E-state index contributed by atoms with van der Waals surface area (Å²) in [5, 5.41) is 43.5. The van der Waals surface area contributed by atoms with Crippen molar-refractivity contribution < 1.29 is 30.0 Å². The van der Waals surface area contributed by atoms with Crippen molar-refractivity contribution in [2.45, 2.75) is 18.2 Å². The number of Topliss-reactive ketones (excluding diaryl/α,β-unsaturated/α-hetero) is 1. The second-order valence-electron chi connectivity index (χ2n) is 7.44. The summed E-state index contributed by atoms with van der Waals surface area (Å²) in [6.07, 6.45) is -3.51. The van der Waals surface area contributed by atoms with Crippen molar-refractivity contribution in [3.63, 3.8) is 0 Å². The van der Waals surface area contributed by atoms with Crippen molar-refractivity contribution in [1.29, 1.82) is 0 Å². The minimum atomic E-state index is -1.76. The average molecular weight is 453 g/mol. The van der Waals surface area contributed by atoms with Crippen LogP contribution in [-0.2, 0) is 9.59 Å². The third-order valence-corrected chi connectivity index (χ3v) is 5.34. The molecule has 0 bridgehead atoms. The number of para-hydroxylation sites is 1. The number of phenolic OH excluding ortho intramolecular Hbond substituents is 2. The van der Waals surface area contributed by atoms with Gasteiger partial charge >= 0.3 is 0 Å². The van der Waals surface area contributed by atoms with E-state index in [1.807, 2.05) is 0 Å². The number of fused-ring (bicyclic) bond motifs is 1. The van der Waals surface area contributed by atoms with Crippen LogP contribution in [0.3, 0.4) is 0 Å². The van der Waals surface area contributed by atoms with E-state index in [1.165, 1.54) is 36.4 Å². The maximum Gasteiger partial charge on any atom is 0.259 e. The number of aromatic amines is 1. The predicted molar refractivity (Wildman–Crippen MR) is 116 cm³/mol. The number of aliphatic hydroxyl groups excluding tert-OH is 2. The Balaban J connectivity index is 1.76. The summed E-state index contributed by atoms with van der Waals surface area (Å²) >= 11 is 0. The van der Waals surface area contributed by atoms with E-state index in [-0.39, 0.29) is 39.5 Å². The Morgan fingerprint density at radius 3 is 2.52 bits per heavy atom. The summed E-state index contributed by atoms with van der Waals surface area (Å²) in [6.45, 7) is 0. The number of primary amides is 1. The Bertz CT molecular complexity index is 1400. The lowest BCUT2D eigenvalue weighted by atomic mass is 9.86. The Labute approximate surface area is 184 Å². The molecule has 1 heterocycles. The van der Waals surface area contributed by atoms with E-state index in [4.69, 9.17) is 11.5 Å². The van der Waals surface area contributed by atoms with Crippen LogP contribution in [-0.4, -0.2) is 60.3 Å². The molecule has 0 unspecified atom stereocenters. The summed E-state index contributed by atoms with van der Waals surface area (Å²) in [7, 11) is 0. The molecular formula is C21H19N5O7. The van der Waals surface area contributed by atoms with Crippen LogP contribution in [0.2, 0.25) is 0 Å². The maximum atomic E-state index is 12.7. The molecule has 12 nitrogen and oxygen atoms in total. The molecule has 0 saturated carbocycles. The van der Waals surface area contributed by atoms with Gasteiger partial charge in [-0.15, -0.1) is 0 Å². The second kappa shape index (κ2) is 7.93. The molecule has 0 aliphatic heterocycles. The van der Waals surface area contributed by atoms with Crippen LogP contribution >= 0.6 is 0 Å². The number of rotatable bonds is 4. The Morgan fingerprint density at radius 1 is 1.09 bits per heavy atom. The van der Waals surface area contributed by atoms with Crippen molar-refractivity contribution in [2.75, 3.05) is 5.32 Å². The van der Waals surface area contributed by atoms with Gasteiger partial charge in [0.25, 0.3) is 11.5 Å². The lowest BCUT2D eigenvalue weighted by Gasteiger charge is -2.33. The van der Waals surface area contributed by atoms with Gasteiger partial charge in [-0.05, 0) is 30.3 Å². The normalized spacial score (nSPS) is 20.8. The number of hydrogen-bond donors (Lipinski definition) is 8. The van der Waals surface area contributed by atoms with Crippen LogP contribution in [0.1, 0.15) is 0 Å². The molecule has 10 N–H and O–H groups in total. The fraction of sp³-hybridized carbons (Fsp3) is 0.143. The fourth-order valence-electron chi connectivity index (χ4n) is 3.63. The molecule has 170 valence electrons. The van der Waals surface area contributed by atoms with E-state index in [1.54, 1.807) is 0 Å². The first-order chi connectivity index (χ1) is 15.6. The molecule has 2 aromatic carbocycles. The van der Waals surface area contributed by atoms with Crippen LogP contribution in [0, 0.1) is 0 Å². The number of aliphatic hydroxyl groups is 2. The highest BCUT2D eigenvalue weighted by atomic mass is 16.3. The Morgan fingerprint density at radius 2 is 1.82 bits per heavy atom. The largest absolute Gasteiger partial charge is 0.506 e. The van der Waals surface area contributed by atoms with Crippen LogP contribution < -0.4 is 22.3 Å². The average Bonchev–Trinajstić information content (AvgIpc) is 2.77. The molecule has 1 aliphatic carbocycles. The van der Waals surface area contributed by atoms with Crippen molar-refractivity contribution in [3.8, 4) is 22.9 Å². The van der Waals surface area contributed by atoms with Crippen LogP contribution in [0.15, 0.2) is 52.5 Å². The number of carbonyl (C=O) groups excluding carboxylic acids is 2. The topological polar surface area (TPSA) is 225 Å². The number of amides is 1. The molecule has 1 aromatic heterocycles. The smallest absolute Gasteiger partial charge is 0.259 e. The van der Waals surface area contributed by atoms with Gasteiger partial charge in [0, 0.05) is 5.56 Å². The number of nitrogens with zero attached hydrogens (tertiary/aromatic N) is 1. The van der Waals surface area contributed by atoms with Gasteiger partial charge in [-0.2, -0.15) is 0 Å². The zero-order valence-electron chi connectivity index (χ0n) is 16.8. The third kappa shape index (κ3) is 3.62. The molecule has 4 rings (SSSR count). The molecule has 1 amide bonds. The molecule has 3 atom stereocenters. The number of benzene rings is 2. The summed E-state index contributed by atoms with van der Waals surface area (Å²) in [6, 6.07) is 6.78. The van der Waals surface area contributed by atoms with E-state index < -0.39 is 46.8 Å².